The van der Waals surface area contributed by atoms with Gasteiger partial charge < -0.3 is 10.1 Å². The van der Waals surface area contributed by atoms with E-state index in [0.29, 0.717) is 0 Å². The number of hydrogen-bond acceptors (Lipinski definition) is 3. The number of rotatable bonds is 5. The SMILES string of the molecule is COc1ccccc1C(c1ccc(-c2ccccc2)cc1)N1CCNCC1. The van der Waals surface area contributed by atoms with Gasteiger partial charge in [-0.3, -0.25) is 4.90 Å². The van der Waals surface area contributed by atoms with E-state index < -0.39 is 0 Å². The number of para-hydroxylation sites is 1. The molecule has 1 atom stereocenters. The van der Waals surface area contributed by atoms with Crippen molar-refractivity contribution < 1.29 is 4.74 Å². The summed E-state index contributed by atoms with van der Waals surface area (Å²) in [6, 6.07) is 28.1. The average molecular weight is 358 g/mol. The van der Waals surface area contributed by atoms with E-state index in [1.54, 1.807) is 7.11 Å². The summed E-state index contributed by atoms with van der Waals surface area (Å²) in [5.74, 6) is 0.952. The Kier molecular flexibility index (Phi) is 5.52. The molecule has 0 spiro atoms. The highest BCUT2D eigenvalue weighted by Gasteiger charge is 2.26. The van der Waals surface area contributed by atoms with Crippen LogP contribution < -0.4 is 10.1 Å². The minimum atomic E-state index is 0.202. The lowest BCUT2D eigenvalue weighted by Gasteiger charge is -2.36. The van der Waals surface area contributed by atoms with Gasteiger partial charge in [0.05, 0.1) is 13.2 Å². The predicted octanol–water partition coefficient (Wildman–Crippen LogP) is 4.36. The molecule has 4 rings (SSSR count). The van der Waals surface area contributed by atoms with Crippen LogP contribution in [0.15, 0.2) is 78.9 Å². The van der Waals surface area contributed by atoms with Gasteiger partial charge >= 0.3 is 0 Å². The van der Waals surface area contributed by atoms with Gasteiger partial charge in [0.15, 0.2) is 0 Å². The Morgan fingerprint density at radius 2 is 1.41 bits per heavy atom. The number of nitrogens with one attached hydrogen (secondary N) is 1. The molecule has 0 saturated carbocycles. The lowest BCUT2D eigenvalue weighted by atomic mass is 9.94. The summed E-state index contributed by atoms with van der Waals surface area (Å²) in [7, 11) is 1.76. The summed E-state index contributed by atoms with van der Waals surface area (Å²) in [5, 5.41) is 3.46. The standard InChI is InChI=1S/C24H26N2O/c1-27-23-10-6-5-9-22(23)24(26-17-15-25-16-18-26)21-13-11-20(12-14-21)19-7-3-2-4-8-19/h2-14,24-25H,15-18H2,1H3. The molecule has 1 aliphatic rings. The van der Waals surface area contributed by atoms with Crippen LogP contribution in [-0.4, -0.2) is 38.2 Å². The summed E-state index contributed by atoms with van der Waals surface area (Å²) in [5.41, 5.74) is 5.04. The molecule has 0 aliphatic carbocycles. The number of methoxy groups -OCH3 is 1. The normalized spacial score (nSPS) is 16.0. The molecular weight excluding hydrogens is 332 g/mol. The van der Waals surface area contributed by atoms with E-state index in [-0.39, 0.29) is 6.04 Å². The molecule has 1 heterocycles. The van der Waals surface area contributed by atoms with E-state index in [1.165, 1.54) is 22.3 Å². The second-order valence-corrected chi connectivity index (χ2v) is 6.92. The van der Waals surface area contributed by atoms with Crippen molar-refractivity contribution in [2.45, 2.75) is 6.04 Å². The van der Waals surface area contributed by atoms with Gasteiger partial charge in [0, 0.05) is 31.7 Å². The first-order chi connectivity index (χ1) is 13.4. The molecular formula is C24H26N2O. The Morgan fingerprint density at radius 1 is 0.778 bits per heavy atom. The van der Waals surface area contributed by atoms with Gasteiger partial charge in [-0.25, -0.2) is 0 Å². The van der Waals surface area contributed by atoms with Gasteiger partial charge in [-0.1, -0.05) is 72.8 Å². The van der Waals surface area contributed by atoms with E-state index in [4.69, 9.17) is 4.74 Å². The average Bonchev–Trinajstić information content (AvgIpc) is 2.76. The van der Waals surface area contributed by atoms with Gasteiger partial charge in [-0.05, 0) is 22.8 Å². The van der Waals surface area contributed by atoms with Gasteiger partial charge in [0.25, 0.3) is 0 Å². The fourth-order valence-electron chi connectivity index (χ4n) is 3.91. The molecule has 1 N–H and O–H groups in total. The summed E-state index contributed by atoms with van der Waals surface area (Å²) in [6.07, 6.45) is 0. The van der Waals surface area contributed by atoms with Crippen LogP contribution in [0, 0.1) is 0 Å². The summed E-state index contributed by atoms with van der Waals surface area (Å²) in [4.78, 5) is 2.55. The highest BCUT2D eigenvalue weighted by Crippen LogP contribution is 2.35. The second kappa shape index (κ2) is 8.38. The molecule has 0 aromatic heterocycles. The Hall–Kier alpha value is -2.62. The minimum Gasteiger partial charge on any atom is -0.496 e. The smallest absolute Gasteiger partial charge is 0.123 e. The van der Waals surface area contributed by atoms with E-state index >= 15 is 0 Å². The molecule has 1 unspecified atom stereocenters. The first-order valence-electron chi connectivity index (χ1n) is 9.60. The van der Waals surface area contributed by atoms with Gasteiger partial charge in [-0.2, -0.15) is 0 Å². The Bertz CT molecular complexity index is 855. The first-order valence-corrected chi connectivity index (χ1v) is 9.60. The van der Waals surface area contributed by atoms with Gasteiger partial charge in [0.1, 0.15) is 5.75 Å². The van der Waals surface area contributed by atoms with Crippen LogP contribution in [0.3, 0.4) is 0 Å². The lowest BCUT2D eigenvalue weighted by Crippen LogP contribution is -2.45. The molecule has 3 heteroatoms. The van der Waals surface area contributed by atoms with Crippen LogP contribution in [0.25, 0.3) is 11.1 Å². The lowest BCUT2D eigenvalue weighted by molar-refractivity contribution is 0.195. The van der Waals surface area contributed by atoms with Crippen molar-refractivity contribution in [2.24, 2.45) is 0 Å². The monoisotopic (exact) mass is 358 g/mol. The minimum absolute atomic E-state index is 0.202. The fraction of sp³-hybridized carbons (Fsp3) is 0.250. The van der Waals surface area contributed by atoms with Crippen LogP contribution in [0.1, 0.15) is 17.2 Å². The third-order valence-electron chi connectivity index (χ3n) is 5.28. The first kappa shape index (κ1) is 17.8. The zero-order valence-corrected chi connectivity index (χ0v) is 15.8. The van der Waals surface area contributed by atoms with E-state index in [0.717, 1.165) is 31.9 Å². The maximum Gasteiger partial charge on any atom is 0.123 e. The van der Waals surface area contributed by atoms with E-state index in [9.17, 15) is 0 Å². The van der Waals surface area contributed by atoms with Crippen LogP contribution in [0.5, 0.6) is 5.75 Å². The summed E-state index contributed by atoms with van der Waals surface area (Å²) < 4.78 is 5.69. The van der Waals surface area contributed by atoms with Crippen LogP contribution >= 0.6 is 0 Å². The molecule has 138 valence electrons. The van der Waals surface area contributed by atoms with Crippen molar-refractivity contribution in [3.8, 4) is 16.9 Å². The molecule has 0 radical (unpaired) electrons. The highest BCUT2D eigenvalue weighted by molar-refractivity contribution is 5.63. The fourth-order valence-corrected chi connectivity index (χ4v) is 3.91. The van der Waals surface area contributed by atoms with Gasteiger partial charge in [0.2, 0.25) is 0 Å². The van der Waals surface area contributed by atoms with Crippen molar-refractivity contribution in [1.82, 2.24) is 10.2 Å². The van der Waals surface area contributed by atoms with Crippen molar-refractivity contribution in [1.29, 1.82) is 0 Å². The number of nitrogens with zero attached hydrogens (tertiary/aromatic N) is 1. The van der Waals surface area contributed by atoms with Crippen molar-refractivity contribution in [3.63, 3.8) is 0 Å². The molecule has 0 amide bonds. The van der Waals surface area contributed by atoms with Crippen LogP contribution in [0.4, 0.5) is 0 Å². The molecule has 1 saturated heterocycles. The van der Waals surface area contributed by atoms with Crippen LogP contribution in [-0.2, 0) is 0 Å². The maximum atomic E-state index is 5.69. The largest absolute Gasteiger partial charge is 0.496 e. The molecule has 27 heavy (non-hydrogen) atoms. The van der Waals surface area contributed by atoms with Gasteiger partial charge in [-0.15, -0.1) is 0 Å². The topological polar surface area (TPSA) is 24.5 Å². The van der Waals surface area contributed by atoms with E-state index in [1.807, 2.05) is 6.07 Å². The molecule has 3 nitrogen and oxygen atoms in total. The van der Waals surface area contributed by atoms with Crippen molar-refractivity contribution in [3.05, 3.63) is 90.0 Å². The zero-order valence-electron chi connectivity index (χ0n) is 15.8. The Morgan fingerprint density at radius 3 is 2.11 bits per heavy atom. The third kappa shape index (κ3) is 3.90. The third-order valence-corrected chi connectivity index (χ3v) is 5.28. The Labute approximate surface area is 161 Å². The van der Waals surface area contributed by atoms with Crippen molar-refractivity contribution >= 4 is 0 Å². The summed E-state index contributed by atoms with van der Waals surface area (Å²) in [6.45, 7) is 4.10. The summed E-state index contributed by atoms with van der Waals surface area (Å²) >= 11 is 0. The second-order valence-electron chi connectivity index (χ2n) is 6.92. The molecule has 1 aliphatic heterocycles. The maximum absolute atomic E-state index is 5.69. The number of ether oxygens (including phenoxy) is 1. The molecule has 0 bridgehead atoms. The molecule has 3 aromatic rings. The number of piperazine rings is 1. The zero-order chi connectivity index (χ0) is 18.5. The number of benzene rings is 3. The highest BCUT2D eigenvalue weighted by atomic mass is 16.5. The van der Waals surface area contributed by atoms with E-state index in [2.05, 4.69) is 83.0 Å². The molecule has 3 aromatic carbocycles. The Balaban J connectivity index is 1.72. The quantitative estimate of drug-likeness (QED) is 0.733. The molecule has 1 fully saturated rings. The van der Waals surface area contributed by atoms with Crippen LogP contribution in [0.2, 0.25) is 0 Å². The predicted molar refractivity (Wildman–Crippen MR) is 111 cm³/mol. The van der Waals surface area contributed by atoms with Crippen molar-refractivity contribution in [2.75, 3.05) is 33.3 Å². The number of hydrogen-bond donors (Lipinski definition) is 1.